The zero-order valence-electron chi connectivity index (χ0n) is 8.74. The molecule has 2 heterocycles. The van der Waals surface area contributed by atoms with E-state index in [0.29, 0.717) is 4.77 Å². The normalized spacial score (nSPS) is 11.3. The van der Waals surface area contributed by atoms with Crippen molar-refractivity contribution in [3.05, 3.63) is 28.5 Å². The summed E-state index contributed by atoms with van der Waals surface area (Å²) in [5.74, 6) is 0. The first-order valence-electron chi connectivity index (χ1n) is 5.15. The smallest absolute Gasteiger partial charge is 0.215 e. The van der Waals surface area contributed by atoms with E-state index in [1.54, 1.807) is 0 Å². The van der Waals surface area contributed by atoms with Gasteiger partial charge in [0.25, 0.3) is 0 Å². The molecule has 4 nitrogen and oxygen atoms in total. The maximum Gasteiger partial charge on any atom is 0.215 e. The third-order valence-electron chi connectivity index (χ3n) is 2.73. The Morgan fingerprint density at radius 1 is 1.38 bits per heavy atom. The second-order valence-electron chi connectivity index (χ2n) is 3.66. The van der Waals surface area contributed by atoms with Crippen LogP contribution in [0.4, 0.5) is 0 Å². The van der Waals surface area contributed by atoms with Crippen molar-refractivity contribution in [2.75, 3.05) is 0 Å². The van der Waals surface area contributed by atoms with Gasteiger partial charge in [-0.05, 0) is 24.2 Å². The van der Waals surface area contributed by atoms with Gasteiger partial charge in [-0.2, -0.15) is 10.1 Å². The standard InChI is InChI=1S/C11H10N4S/c1-2-6-4-3-5-7-8(6)12-10-9(7)14-15-11(16)13-10/h3-5H,2H2,1H3,(H2,12,13,15,16). The molecule has 0 saturated heterocycles. The Bertz CT molecular complexity index is 726. The van der Waals surface area contributed by atoms with Gasteiger partial charge in [-0.15, -0.1) is 0 Å². The number of benzene rings is 1. The lowest BCUT2D eigenvalue weighted by Gasteiger charge is -1.97. The summed E-state index contributed by atoms with van der Waals surface area (Å²) in [5, 5.41) is 8.04. The minimum absolute atomic E-state index is 0.400. The lowest BCUT2D eigenvalue weighted by Crippen LogP contribution is -1.86. The lowest BCUT2D eigenvalue weighted by atomic mass is 10.1. The summed E-state index contributed by atoms with van der Waals surface area (Å²) in [4.78, 5) is 7.51. The molecule has 0 unspecified atom stereocenters. The van der Waals surface area contributed by atoms with Gasteiger partial charge in [-0.3, -0.25) is 5.10 Å². The van der Waals surface area contributed by atoms with E-state index < -0.39 is 0 Å². The average molecular weight is 230 g/mol. The molecule has 2 N–H and O–H groups in total. The first-order valence-corrected chi connectivity index (χ1v) is 5.56. The SMILES string of the molecule is CCc1cccc2c1[nH]c1nc(=S)[nH]nc12. The number of aromatic amines is 2. The van der Waals surface area contributed by atoms with Gasteiger partial charge in [0.05, 0.1) is 5.52 Å². The Hall–Kier alpha value is -1.75. The molecule has 1 aromatic carbocycles. The molecule has 16 heavy (non-hydrogen) atoms. The summed E-state index contributed by atoms with van der Waals surface area (Å²) >= 11 is 4.96. The molecule has 3 rings (SSSR count). The van der Waals surface area contributed by atoms with Gasteiger partial charge in [-0.1, -0.05) is 25.1 Å². The molecule has 0 spiro atoms. The van der Waals surface area contributed by atoms with E-state index in [9.17, 15) is 0 Å². The number of aromatic nitrogens is 4. The number of fused-ring (bicyclic) bond motifs is 3. The highest BCUT2D eigenvalue weighted by molar-refractivity contribution is 7.71. The van der Waals surface area contributed by atoms with E-state index in [1.807, 2.05) is 12.1 Å². The van der Waals surface area contributed by atoms with Gasteiger partial charge in [0, 0.05) is 5.39 Å². The molecule has 0 atom stereocenters. The fourth-order valence-corrected chi connectivity index (χ4v) is 2.11. The van der Waals surface area contributed by atoms with Crippen LogP contribution in [-0.2, 0) is 6.42 Å². The Balaban J connectivity index is 2.54. The number of hydrogen-bond donors (Lipinski definition) is 2. The number of nitrogens with zero attached hydrogens (tertiary/aromatic N) is 2. The van der Waals surface area contributed by atoms with Gasteiger partial charge in [0.2, 0.25) is 4.77 Å². The van der Waals surface area contributed by atoms with Crippen LogP contribution < -0.4 is 0 Å². The maximum absolute atomic E-state index is 4.96. The predicted molar refractivity (Wildman–Crippen MR) is 66.0 cm³/mol. The molecule has 0 aliphatic heterocycles. The van der Waals surface area contributed by atoms with Gasteiger partial charge in [-0.25, -0.2) is 0 Å². The van der Waals surface area contributed by atoms with Gasteiger partial charge in [0.1, 0.15) is 5.52 Å². The first-order chi connectivity index (χ1) is 7.79. The van der Waals surface area contributed by atoms with Crippen LogP contribution in [0.15, 0.2) is 18.2 Å². The van der Waals surface area contributed by atoms with Crippen molar-refractivity contribution < 1.29 is 0 Å². The molecule has 0 amide bonds. The number of aryl methyl sites for hydroxylation is 1. The van der Waals surface area contributed by atoms with Crippen LogP contribution in [0.2, 0.25) is 0 Å². The molecule has 3 aromatic rings. The van der Waals surface area contributed by atoms with Crippen LogP contribution in [0.25, 0.3) is 22.1 Å². The third kappa shape index (κ3) is 1.25. The number of H-pyrrole nitrogens is 2. The molecule has 0 aliphatic carbocycles. The summed E-state index contributed by atoms with van der Waals surface area (Å²) < 4.78 is 0.400. The molecule has 2 aromatic heterocycles. The molecular formula is C11H10N4S. The molecule has 0 bridgehead atoms. The second kappa shape index (κ2) is 3.38. The second-order valence-corrected chi connectivity index (χ2v) is 4.04. The van der Waals surface area contributed by atoms with E-state index in [1.165, 1.54) is 5.56 Å². The molecule has 0 fully saturated rings. The Kier molecular flexibility index (Phi) is 2.00. The van der Waals surface area contributed by atoms with Crippen LogP contribution in [0.3, 0.4) is 0 Å². The van der Waals surface area contributed by atoms with Gasteiger partial charge >= 0.3 is 0 Å². The highest BCUT2D eigenvalue weighted by Gasteiger charge is 2.08. The van der Waals surface area contributed by atoms with Crippen LogP contribution >= 0.6 is 12.2 Å². The quantitative estimate of drug-likeness (QED) is 0.632. The van der Waals surface area contributed by atoms with Crippen LogP contribution in [0.5, 0.6) is 0 Å². The average Bonchev–Trinajstić information content (AvgIpc) is 2.65. The van der Waals surface area contributed by atoms with Crippen LogP contribution in [-0.4, -0.2) is 20.2 Å². The zero-order chi connectivity index (χ0) is 11.1. The van der Waals surface area contributed by atoms with E-state index in [0.717, 1.165) is 28.5 Å². The summed E-state index contributed by atoms with van der Waals surface area (Å²) in [6, 6.07) is 6.19. The molecule has 5 heteroatoms. The van der Waals surface area contributed by atoms with Crippen molar-refractivity contribution >= 4 is 34.3 Å². The van der Waals surface area contributed by atoms with Crippen LogP contribution in [0, 0.1) is 4.77 Å². The molecular weight excluding hydrogens is 220 g/mol. The number of nitrogens with one attached hydrogen (secondary N) is 2. The molecule has 0 aliphatic rings. The van der Waals surface area contributed by atoms with Crippen molar-refractivity contribution in [1.82, 2.24) is 20.2 Å². The monoisotopic (exact) mass is 230 g/mol. The molecule has 0 saturated carbocycles. The lowest BCUT2D eigenvalue weighted by molar-refractivity contribution is 0.999. The van der Waals surface area contributed by atoms with Gasteiger partial charge < -0.3 is 4.98 Å². The minimum Gasteiger partial charge on any atom is -0.337 e. The van der Waals surface area contributed by atoms with Crippen molar-refractivity contribution in [1.29, 1.82) is 0 Å². The van der Waals surface area contributed by atoms with Crippen LogP contribution in [0.1, 0.15) is 12.5 Å². The minimum atomic E-state index is 0.400. The summed E-state index contributed by atoms with van der Waals surface area (Å²) in [5.41, 5.74) is 3.97. The largest absolute Gasteiger partial charge is 0.337 e. The number of hydrogen-bond acceptors (Lipinski definition) is 3. The molecule has 80 valence electrons. The van der Waals surface area contributed by atoms with E-state index >= 15 is 0 Å². The number of rotatable bonds is 1. The summed E-state index contributed by atoms with van der Waals surface area (Å²) in [6.45, 7) is 2.13. The molecule has 0 radical (unpaired) electrons. The predicted octanol–water partition coefficient (Wildman–Crippen LogP) is 2.73. The highest BCUT2D eigenvalue weighted by Crippen LogP contribution is 2.24. The third-order valence-corrected chi connectivity index (χ3v) is 2.91. The van der Waals surface area contributed by atoms with Crippen molar-refractivity contribution in [2.45, 2.75) is 13.3 Å². The fourth-order valence-electron chi connectivity index (χ4n) is 1.97. The van der Waals surface area contributed by atoms with E-state index in [-0.39, 0.29) is 0 Å². The fraction of sp³-hybridized carbons (Fsp3) is 0.182. The number of para-hydroxylation sites is 1. The maximum atomic E-state index is 4.96. The summed E-state index contributed by atoms with van der Waals surface area (Å²) in [6.07, 6.45) is 0.981. The van der Waals surface area contributed by atoms with E-state index in [4.69, 9.17) is 12.2 Å². The Morgan fingerprint density at radius 3 is 3.06 bits per heavy atom. The van der Waals surface area contributed by atoms with Gasteiger partial charge in [0.15, 0.2) is 5.65 Å². The van der Waals surface area contributed by atoms with E-state index in [2.05, 4.69) is 33.2 Å². The summed E-state index contributed by atoms with van der Waals surface area (Å²) in [7, 11) is 0. The van der Waals surface area contributed by atoms with Crippen molar-refractivity contribution in [3.8, 4) is 0 Å². The zero-order valence-corrected chi connectivity index (χ0v) is 9.56. The first kappa shape index (κ1) is 9.47. The highest BCUT2D eigenvalue weighted by atomic mass is 32.1. The van der Waals surface area contributed by atoms with Crippen molar-refractivity contribution in [3.63, 3.8) is 0 Å². The van der Waals surface area contributed by atoms with Crippen molar-refractivity contribution in [2.24, 2.45) is 0 Å². The Morgan fingerprint density at radius 2 is 2.25 bits per heavy atom. The Labute approximate surface area is 96.7 Å². The topological polar surface area (TPSA) is 57.4 Å².